The highest BCUT2D eigenvalue weighted by molar-refractivity contribution is 5.97. The third-order valence-electron chi connectivity index (χ3n) is 3.14. The summed E-state index contributed by atoms with van der Waals surface area (Å²) in [4.78, 5) is 11.1. The average molecular weight is 264 g/mol. The zero-order chi connectivity index (χ0) is 13.9. The van der Waals surface area contributed by atoms with Gasteiger partial charge in [0, 0.05) is 5.69 Å². The molecule has 0 saturated heterocycles. The first-order valence-electron chi connectivity index (χ1n) is 6.24. The Labute approximate surface area is 115 Å². The fourth-order valence-corrected chi connectivity index (χ4v) is 2.23. The number of hydrogen-bond acceptors (Lipinski definition) is 3. The molecule has 0 bridgehead atoms. The molecule has 0 atom stereocenters. The summed E-state index contributed by atoms with van der Waals surface area (Å²) >= 11 is 0. The molecule has 0 radical (unpaired) electrons. The molecule has 0 aromatic heterocycles. The number of nitro groups is 1. The molecule has 0 aliphatic carbocycles. The van der Waals surface area contributed by atoms with Crippen molar-refractivity contribution in [2.24, 2.45) is 0 Å². The number of fused-ring (bicyclic) bond motifs is 1. The highest BCUT2D eigenvalue weighted by atomic mass is 16.6. The van der Waals surface area contributed by atoms with Crippen molar-refractivity contribution < 1.29 is 4.92 Å². The number of para-hydroxylation sites is 1. The summed E-state index contributed by atoms with van der Waals surface area (Å²) in [6.07, 6.45) is 0. The number of hydrogen-bond donors (Lipinski definition) is 1. The lowest BCUT2D eigenvalue weighted by Crippen LogP contribution is -1.97. The van der Waals surface area contributed by atoms with E-state index in [9.17, 15) is 10.1 Å². The molecule has 4 heteroatoms. The Balaban J connectivity index is 2.15. The van der Waals surface area contributed by atoms with E-state index in [1.165, 1.54) is 0 Å². The van der Waals surface area contributed by atoms with Gasteiger partial charge in [0.2, 0.25) is 0 Å². The molecule has 4 nitrogen and oxygen atoms in total. The zero-order valence-electron chi connectivity index (χ0n) is 10.6. The zero-order valence-corrected chi connectivity index (χ0v) is 10.6. The van der Waals surface area contributed by atoms with E-state index < -0.39 is 0 Å². The molecular weight excluding hydrogens is 252 g/mol. The van der Waals surface area contributed by atoms with E-state index in [2.05, 4.69) is 5.32 Å². The van der Waals surface area contributed by atoms with Gasteiger partial charge in [-0.15, -0.1) is 0 Å². The molecule has 3 rings (SSSR count). The van der Waals surface area contributed by atoms with Crippen LogP contribution in [0.25, 0.3) is 10.8 Å². The maximum atomic E-state index is 11.4. The maximum absolute atomic E-state index is 11.4. The van der Waals surface area contributed by atoms with Crippen molar-refractivity contribution in [3.63, 3.8) is 0 Å². The fourth-order valence-electron chi connectivity index (χ4n) is 2.23. The Morgan fingerprint density at radius 1 is 0.850 bits per heavy atom. The Morgan fingerprint density at radius 3 is 2.30 bits per heavy atom. The number of nitrogens with one attached hydrogen (secondary N) is 1. The number of anilines is 2. The highest BCUT2D eigenvalue weighted by Crippen LogP contribution is 2.34. The van der Waals surface area contributed by atoms with E-state index in [0.29, 0.717) is 11.1 Å². The van der Waals surface area contributed by atoms with Crippen molar-refractivity contribution in [3.05, 3.63) is 76.8 Å². The maximum Gasteiger partial charge on any atom is 0.300 e. The summed E-state index contributed by atoms with van der Waals surface area (Å²) in [7, 11) is 0. The van der Waals surface area contributed by atoms with Crippen LogP contribution in [-0.4, -0.2) is 4.92 Å². The van der Waals surface area contributed by atoms with Gasteiger partial charge in [-0.3, -0.25) is 10.1 Å². The van der Waals surface area contributed by atoms with Crippen LogP contribution in [0.1, 0.15) is 0 Å². The molecule has 3 aromatic carbocycles. The third-order valence-corrected chi connectivity index (χ3v) is 3.14. The Hall–Kier alpha value is -2.88. The van der Waals surface area contributed by atoms with Gasteiger partial charge < -0.3 is 5.32 Å². The summed E-state index contributed by atoms with van der Waals surface area (Å²) in [5, 5.41) is 16.0. The normalized spacial score (nSPS) is 10.4. The van der Waals surface area contributed by atoms with Crippen LogP contribution in [0.15, 0.2) is 66.7 Å². The lowest BCUT2D eigenvalue weighted by molar-refractivity contribution is -0.382. The largest absolute Gasteiger partial charge is 0.350 e. The van der Waals surface area contributed by atoms with E-state index >= 15 is 0 Å². The molecule has 1 N–H and O–H groups in total. The van der Waals surface area contributed by atoms with Gasteiger partial charge in [0.15, 0.2) is 0 Å². The predicted molar refractivity (Wildman–Crippen MR) is 80.3 cm³/mol. The monoisotopic (exact) mass is 264 g/mol. The minimum atomic E-state index is -0.340. The molecule has 98 valence electrons. The van der Waals surface area contributed by atoms with Gasteiger partial charge in [-0.2, -0.15) is 0 Å². The van der Waals surface area contributed by atoms with E-state index in [1.807, 2.05) is 54.6 Å². The van der Waals surface area contributed by atoms with Crippen molar-refractivity contribution in [2.45, 2.75) is 0 Å². The molecule has 0 amide bonds. The van der Waals surface area contributed by atoms with E-state index in [4.69, 9.17) is 0 Å². The van der Waals surface area contributed by atoms with Crippen molar-refractivity contribution in [1.29, 1.82) is 0 Å². The second kappa shape index (κ2) is 5.01. The Bertz CT molecular complexity index is 770. The van der Waals surface area contributed by atoms with Gasteiger partial charge >= 0.3 is 0 Å². The SMILES string of the molecule is O=[N+]([O-])c1c(Nc2ccccc2)ccc2ccccc12. The van der Waals surface area contributed by atoms with Gasteiger partial charge in [-0.05, 0) is 29.7 Å². The number of benzene rings is 3. The van der Waals surface area contributed by atoms with Crippen molar-refractivity contribution >= 4 is 27.8 Å². The van der Waals surface area contributed by atoms with Crippen LogP contribution < -0.4 is 5.32 Å². The molecule has 0 aliphatic heterocycles. The van der Waals surface area contributed by atoms with Gasteiger partial charge in [0.25, 0.3) is 5.69 Å². The van der Waals surface area contributed by atoms with Gasteiger partial charge in [-0.25, -0.2) is 0 Å². The standard InChI is InChI=1S/C16H12N2O2/c19-18(20)16-14-9-5-4-6-12(14)10-11-15(16)17-13-7-2-1-3-8-13/h1-11,17H. The van der Waals surface area contributed by atoms with Crippen LogP contribution >= 0.6 is 0 Å². The second-order valence-electron chi connectivity index (χ2n) is 4.43. The van der Waals surface area contributed by atoms with Crippen LogP contribution in [-0.2, 0) is 0 Å². The minimum absolute atomic E-state index is 0.104. The molecule has 0 fully saturated rings. The minimum Gasteiger partial charge on any atom is -0.350 e. The summed E-state index contributed by atoms with van der Waals surface area (Å²) in [5.74, 6) is 0. The number of nitro benzene ring substituents is 1. The molecule has 20 heavy (non-hydrogen) atoms. The summed E-state index contributed by atoms with van der Waals surface area (Å²) in [6.45, 7) is 0. The summed E-state index contributed by atoms with van der Waals surface area (Å²) in [5.41, 5.74) is 1.43. The quantitative estimate of drug-likeness (QED) is 0.560. The first-order chi connectivity index (χ1) is 9.75. The van der Waals surface area contributed by atoms with Crippen molar-refractivity contribution in [2.75, 3.05) is 5.32 Å². The van der Waals surface area contributed by atoms with Gasteiger partial charge in [-0.1, -0.05) is 42.5 Å². The van der Waals surface area contributed by atoms with Crippen LogP contribution in [0.5, 0.6) is 0 Å². The van der Waals surface area contributed by atoms with E-state index in [0.717, 1.165) is 11.1 Å². The van der Waals surface area contributed by atoms with Crippen LogP contribution in [0.3, 0.4) is 0 Å². The highest BCUT2D eigenvalue weighted by Gasteiger charge is 2.18. The fraction of sp³-hybridized carbons (Fsp3) is 0. The van der Waals surface area contributed by atoms with E-state index in [-0.39, 0.29) is 10.6 Å². The molecule has 0 unspecified atom stereocenters. The first-order valence-corrected chi connectivity index (χ1v) is 6.24. The number of nitrogens with zero attached hydrogens (tertiary/aromatic N) is 1. The van der Waals surface area contributed by atoms with Crippen molar-refractivity contribution in [1.82, 2.24) is 0 Å². The lowest BCUT2D eigenvalue weighted by Gasteiger charge is -2.09. The van der Waals surface area contributed by atoms with Gasteiger partial charge in [0.05, 0.1) is 10.3 Å². The summed E-state index contributed by atoms with van der Waals surface area (Å²) < 4.78 is 0. The van der Waals surface area contributed by atoms with Crippen LogP contribution in [0.4, 0.5) is 17.1 Å². The van der Waals surface area contributed by atoms with E-state index in [1.54, 1.807) is 12.1 Å². The average Bonchev–Trinajstić information content (AvgIpc) is 2.47. The topological polar surface area (TPSA) is 55.2 Å². The molecule has 0 spiro atoms. The molecule has 0 heterocycles. The Morgan fingerprint density at radius 2 is 1.55 bits per heavy atom. The van der Waals surface area contributed by atoms with Gasteiger partial charge in [0.1, 0.15) is 5.69 Å². The molecule has 3 aromatic rings. The third kappa shape index (κ3) is 2.19. The molecule has 0 aliphatic rings. The second-order valence-corrected chi connectivity index (χ2v) is 4.43. The smallest absolute Gasteiger partial charge is 0.300 e. The summed E-state index contributed by atoms with van der Waals surface area (Å²) in [6, 6.07) is 20.4. The molecule has 0 saturated carbocycles. The predicted octanol–water partition coefficient (Wildman–Crippen LogP) is 4.49. The van der Waals surface area contributed by atoms with Crippen LogP contribution in [0.2, 0.25) is 0 Å². The van der Waals surface area contributed by atoms with Crippen molar-refractivity contribution in [3.8, 4) is 0 Å². The molecular formula is C16H12N2O2. The Kier molecular flexibility index (Phi) is 3.05. The first kappa shape index (κ1) is 12.2. The lowest BCUT2D eigenvalue weighted by atomic mass is 10.1. The van der Waals surface area contributed by atoms with Crippen LogP contribution in [0, 0.1) is 10.1 Å². The number of rotatable bonds is 3.